The van der Waals surface area contributed by atoms with Crippen LogP contribution in [0.25, 0.3) is 0 Å². The third-order valence-electron chi connectivity index (χ3n) is 3.13. The lowest BCUT2D eigenvalue weighted by molar-refractivity contribution is 0.0946. The van der Waals surface area contributed by atoms with Crippen molar-refractivity contribution in [1.82, 2.24) is 20.3 Å². The van der Waals surface area contributed by atoms with Gasteiger partial charge in [-0.05, 0) is 29.8 Å². The smallest absolute Gasteiger partial charge is 0.270 e. The van der Waals surface area contributed by atoms with Crippen molar-refractivity contribution in [2.45, 2.75) is 13.1 Å². The topological polar surface area (TPSA) is 92.9 Å². The van der Waals surface area contributed by atoms with Crippen LogP contribution >= 0.6 is 0 Å². The summed E-state index contributed by atoms with van der Waals surface area (Å²) in [6.45, 7) is 0.905. The molecule has 0 atom stereocenters. The molecule has 0 aliphatic rings. The summed E-state index contributed by atoms with van der Waals surface area (Å²) in [4.78, 5) is 24.2. The Balaban J connectivity index is 1.58. The number of anilines is 1. The van der Waals surface area contributed by atoms with E-state index in [9.17, 15) is 4.79 Å². The van der Waals surface area contributed by atoms with Crippen LogP contribution in [0.5, 0.6) is 0 Å². The second-order valence-corrected chi connectivity index (χ2v) is 4.76. The van der Waals surface area contributed by atoms with Gasteiger partial charge in [0.05, 0.1) is 12.8 Å². The first-order valence-corrected chi connectivity index (χ1v) is 7.06. The number of nitrogens with zero attached hydrogens (tertiary/aromatic N) is 3. The van der Waals surface area contributed by atoms with Crippen molar-refractivity contribution in [3.05, 3.63) is 72.3 Å². The fourth-order valence-electron chi connectivity index (χ4n) is 1.94. The van der Waals surface area contributed by atoms with Crippen LogP contribution in [-0.4, -0.2) is 20.9 Å². The molecule has 0 spiro atoms. The molecule has 0 aromatic carbocycles. The number of hydrogen-bond acceptors (Lipinski definition) is 6. The zero-order valence-electron chi connectivity index (χ0n) is 12.3. The number of carbonyl (C=O) groups excluding carboxylic acids is 1. The Kier molecular flexibility index (Phi) is 4.58. The molecule has 23 heavy (non-hydrogen) atoms. The lowest BCUT2D eigenvalue weighted by atomic mass is 10.2. The molecule has 0 radical (unpaired) electrons. The molecule has 3 aromatic heterocycles. The third kappa shape index (κ3) is 4.13. The second kappa shape index (κ2) is 7.17. The SMILES string of the molecule is O=C(NCc1ccncc1)c1cc(NCc2ccco2)ncn1. The maximum absolute atomic E-state index is 12.1. The quantitative estimate of drug-likeness (QED) is 0.723. The van der Waals surface area contributed by atoms with E-state index in [2.05, 4.69) is 25.6 Å². The van der Waals surface area contributed by atoms with E-state index in [-0.39, 0.29) is 5.91 Å². The van der Waals surface area contributed by atoms with Gasteiger partial charge in [0.2, 0.25) is 0 Å². The van der Waals surface area contributed by atoms with Gasteiger partial charge < -0.3 is 15.1 Å². The van der Waals surface area contributed by atoms with Crippen molar-refractivity contribution in [3.63, 3.8) is 0 Å². The van der Waals surface area contributed by atoms with E-state index < -0.39 is 0 Å². The molecule has 2 N–H and O–H groups in total. The van der Waals surface area contributed by atoms with Crippen LogP contribution in [0.2, 0.25) is 0 Å². The number of hydrogen-bond donors (Lipinski definition) is 2. The van der Waals surface area contributed by atoms with Crippen LogP contribution in [0.4, 0.5) is 5.82 Å². The van der Waals surface area contributed by atoms with Crippen molar-refractivity contribution in [1.29, 1.82) is 0 Å². The summed E-state index contributed by atoms with van der Waals surface area (Å²) in [5.41, 5.74) is 1.27. The average Bonchev–Trinajstić information content (AvgIpc) is 3.12. The Morgan fingerprint density at radius 3 is 2.78 bits per heavy atom. The van der Waals surface area contributed by atoms with E-state index in [1.807, 2.05) is 24.3 Å². The minimum absolute atomic E-state index is 0.259. The normalized spacial score (nSPS) is 10.3. The number of carbonyl (C=O) groups is 1. The molecule has 0 fully saturated rings. The van der Waals surface area contributed by atoms with Crippen molar-refractivity contribution in [3.8, 4) is 0 Å². The highest BCUT2D eigenvalue weighted by Crippen LogP contribution is 2.08. The summed E-state index contributed by atoms with van der Waals surface area (Å²) in [6.07, 6.45) is 6.33. The van der Waals surface area contributed by atoms with Crippen LogP contribution < -0.4 is 10.6 Å². The predicted molar refractivity (Wildman–Crippen MR) is 83.5 cm³/mol. The Morgan fingerprint density at radius 2 is 2.00 bits per heavy atom. The van der Waals surface area contributed by atoms with Crippen LogP contribution in [0.3, 0.4) is 0 Å². The van der Waals surface area contributed by atoms with Gasteiger partial charge in [-0.2, -0.15) is 0 Å². The van der Waals surface area contributed by atoms with E-state index in [1.54, 1.807) is 24.7 Å². The molecule has 0 aliphatic carbocycles. The lowest BCUT2D eigenvalue weighted by Gasteiger charge is -2.07. The van der Waals surface area contributed by atoms with Crippen molar-refractivity contribution in [2.24, 2.45) is 0 Å². The van der Waals surface area contributed by atoms with Crippen molar-refractivity contribution < 1.29 is 9.21 Å². The molecule has 0 unspecified atom stereocenters. The number of pyridine rings is 1. The summed E-state index contributed by atoms with van der Waals surface area (Å²) < 4.78 is 5.23. The summed E-state index contributed by atoms with van der Waals surface area (Å²) >= 11 is 0. The average molecular weight is 309 g/mol. The summed E-state index contributed by atoms with van der Waals surface area (Å²) in [5.74, 6) is 1.09. The minimum atomic E-state index is -0.259. The van der Waals surface area contributed by atoms with Crippen molar-refractivity contribution in [2.75, 3.05) is 5.32 Å². The van der Waals surface area contributed by atoms with E-state index in [0.717, 1.165) is 11.3 Å². The molecule has 7 nitrogen and oxygen atoms in total. The van der Waals surface area contributed by atoms with E-state index in [4.69, 9.17) is 4.42 Å². The molecule has 3 rings (SSSR count). The van der Waals surface area contributed by atoms with Gasteiger partial charge in [-0.15, -0.1) is 0 Å². The van der Waals surface area contributed by atoms with Gasteiger partial charge in [-0.25, -0.2) is 9.97 Å². The van der Waals surface area contributed by atoms with Crippen LogP contribution in [0.1, 0.15) is 21.8 Å². The number of amides is 1. The first kappa shape index (κ1) is 14.7. The highest BCUT2D eigenvalue weighted by Gasteiger charge is 2.08. The molecule has 116 valence electrons. The maximum Gasteiger partial charge on any atom is 0.270 e. The predicted octanol–water partition coefficient (Wildman–Crippen LogP) is 2.01. The molecule has 3 heterocycles. The minimum Gasteiger partial charge on any atom is -0.467 e. The third-order valence-corrected chi connectivity index (χ3v) is 3.13. The lowest BCUT2D eigenvalue weighted by Crippen LogP contribution is -2.24. The highest BCUT2D eigenvalue weighted by atomic mass is 16.3. The standard InChI is InChI=1S/C16H15N5O2/c22-16(19-9-12-3-5-17-6-4-12)14-8-15(21-11-20-14)18-10-13-2-1-7-23-13/h1-8,11H,9-10H2,(H,19,22)(H,18,20,21). The summed E-state index contributed by atoms with van der Waals surface area (Å²) in [7, 11) is 0. The number of nitrogens with one attached hydrogen (secondary N) is 2. The first-order chi connectivity index (χ1) is 11.3. The molecule has 0 saturated heterocycles. The zero-order valence-corrected chi connectivity index (χ0v) is 12.3. The monoisotopic (exact) mass is 309 g/mol. The number of furan rings is 1. The Bertz CT molecular complexity index is 759. The van der Waals surface area contributed by atoms with Crippen LogP contribution in [-0.2, 0) is 13.1 Å². The van der Waals surface area contributed by atoms with Gasteiger partial charge >= 0.3 is 0 Å². The number of rotatable bonds is 6. The molecule has 0 bridgehead atoms. The van der Waals surface area contributed by atoms with Gasteiger partial charge in [0.25, 0.3) is 5.91 Å². The van der Waals surface area contributed by atoms with Crippen LogP contribution in [0.15, 0.2) is 59.7 Å². The zero-order chi connectivity index (χ0) is 15.9. The Morgan fingerprint density at radius 1 is 1.13 bits per heavy atom. The Labute approximate surface area is 132 Å². The fraction of sp³-hybridized carbons (Fsp3) is 0.125. The molecule has 0 saturated carbocycles. The highest BCUT2D eigenvalue weighted by molar-refractivity contribution is 5.92. The van der Waals surface area contributed by atoms with Crippen LogP contribution in [0, 0.1) is 0 Å². The largest absolute Gasteiger partial charge is 0.467 e. The molecule has 1 amide bonds. The second-order valence-electron chi connectivity index (χ2n) is 4.76. The van der Waals surface area contributed by atoms with Crippen molar-refractivity contribution >= 4 is 11.7 Å². The maximum atomic E-state index is 12.1. The Hall–Kier alpha value is -3.22. The fourth-order valence-corrected chi connectivity index (χ4v) is 1.94. The van der Waals surface area contributed by atoms with Gasteiger partial charge in [0, 0.05) is 25.0 Å². The first-order valence-electron chi connectivity index (χ1n) is 7.06. The molecule has 7 heteroatoms. The molecular formula is C16H15N5O2. The van der Waals surface area contributed by atoms with E-state index in [1.165, 1.54) is 6.33 Å². The summed E-state index contributed by atoms with van der Waals surface area (Å²) in [5, 5.41) is 5.89. The van der Waals surface area contributed by atoms with Gasteiger partial charge in [0.15, 0.2) is 0 Å². The van der Waals surface area contributed by atoms with Gasteiger partial charge in [-0.1, -0.05) is 0 Å². The van der Waals surface area contributed by atoms with E-state index in [0.29, 0.717) is 24.6 Å². The van der Waals surface area contributed by atoms with Gasteiger partial charge in [0.1, 0.15) is 23.6 Å². The molecule has 0 aliphatic heterocycles. The van der Waals surface area contributed by atoms with Gasteiger partial charge in [-0.3, -0.25) is 9.78 Å². The molecular weight excluding hydrogens is 294 g/mol. The van der Waals surface area contributed by atoms with E-state index >= 15 is 0 Å². The summed E-state index contributed by atoms with van der Waals surface area (Å²) in [6, 6.07) is 8.96. The number of aromatic nitrogens is 3. The molecule has 3 aromatic rings.